The molecule has 2 aromatic carbocycles. The normalized spacial score (nSPS) is 17.8. The zero-order valence-electron chi connectivity index (χ0n) is 21.7. The number of aromatic nitrogens is 1. The van der Waals surface area contributed by atoms with Crippen LogP contribution in [0.4, 0.5) is 8.78 Å². The summed E-state index contributed by atoms with van der Waals surface area (Å²) in [5, 5.41) is 12.2. The van der Waals surface area contributed by atoms with Crippen LogP contribution in [0.3, 0.4) is 0 Å². The monoisotopic (exact) mass is 594 g/mol. The smallest absolute Gasteiger partial charge is 0.271 e. The summed E-state index contributed by atoms with van der Waals surface area (Å²) in [5.41, 5.74) is 2.75. The number of amides is 1. The molecule has 3 aromatic rings. The Labute approximate surface area is 240 Å². The summed E-state index contributed by atoms with van der Waals surface area (Å²) in [5.74, 6) is -1.57. The second kappa shape index (κ2) is 12.4. The van der Waals surface area contributed by atoms with Gasteiger partial charge in [-0.05, 0) is 37.1 Å². The van der Waals surface area contributed by atoms with Gasteiger partial charge >= 0.3 is 0 Å². The van der Waals surface area contributed by atoms with Gasteiger partial charge in [-0.2, -0.15) is 0 Å². The lowest BCUT2D eigenvalue weighted by Gasteiger charge is -2.35. The third-order valence-electron chi connectivity index (χ3n) is 7.47. The number of carbonyl (C=O) groups is 1. The number of ether oxygens (including phenoxy) is 1. The number of carbonyl (C=O) groups excluding carboxylic acids is 1. The van der Waals surface area contributed by atoms with Crippen LogP contribution in [0.1, 0.15) is 42.1 Å². The van der Waals surface area contributed by atoms with Crippen molar-refractivity contribution >= 4 is 40.0 Å². The molecular weight excluding hydrogens is 565 g/mol. The molecule has 1 aromatic heterocycles. The van der Waals surface area contributed by atoms with Crippen LogP contribution in [0.15, 0.2) is 41.3 Å². The molecule has 1 atom stereocenters. The van der Waals surface area contributed by atoms with Gasteiger partial charge in [0.05, 0.1) is 15.6 Å². The van der Waals surface area contributed by atoms with Crippen LogP contribution >= 0.6 is 23.2 Å². The van der Waals surface area contributed by atoms with E-state index in [2.05, 4.69) is 5.43 Å². The van der Waals surface area contributed by atoms with Crippen molar-refractivity contribution in [1.29, 1.82) is 0 Å². The number of benzene rings is 2. The van der Waals surface area contributed by atoms with E-state index in [0.29, 0.717) is 38.2 Å². The van der Waals surface area contributed by atoms with Crippen molar-refractivity contribution in [1.82, 2.24) is 19.9 Å². The largest absolute Gasteiger partial charge is 0.491 e. The van der Waals surface area contributed by atoms with Crippen molar-refractivity contribution in [2.75, 3.05) is 39.3 Å². The molecule has 0 spiro atoms. The highest BCUT2D eigenvalue weighted by atomic mass is 35.5. The summed E-state index contributed by atoms with van der Waals surface area (Å²) in [4.78, 5) is 28.5. The van der Waals surface area contributed by atoms with E-state index in [1.54, 1.807) is 11.2 Å². The van der Waals surface area contributed by atoms with Crippen LogP contribution in [0.2, 0.25) is 10.0 Å². The maximum atomic E-state index is 14.3. The molecule has 40 heavy (non-hydrogen) atoms. The Morgan fingerprint density at radius 3 is 2.45 bits per heavy atom. The number of halogens is 4. The SMILES string of the molecule is O=C(NN1CCN(C[C@H](O)COc2ccc(Cl)c(F)c2)CC1)c1cn(C2CCCC2)c2cc(Cl)c(F)cc2c1=O. The Morgan fingerprint density at radius 1 is 1.05 bits per heavy atom. The number of hydrogen-bond donors (Lipinski definition) is 2. The van der Waals surface area contributed by atoms with Gasteiger partial charge in [-0.3, -0.25) is 19.9 Å². The first-order valence-electron chi connectivity index (χ1n) is 13.3. The number of fused-ring (bicyclic) bond motifs is 1. The molecule has 0 radical (unpaired) electrons. The molecule has 1 saturated carbocycles. The third kappa shape index (κ3) is 6.42. The average molecular weight is 595 g/mol. The van der Waals surface area contributed by atoms with Gasteiger partial charge in [0, 0.05) is 56.4 Å². The van der Waals surface area contributed by atoms with Gasteiger partial charge in [-0.15, -0.1) is 0 Å². The van der Waals surface area contributed by atoms with E-state index >= 15 is 0 Å². The van der Waals surface area contributed by atoms with Gasteiger partial charge in [0.25, 0.3) is 5.91 Å². The predicted octanol–water partition coefficient (Wildman–Crippen LogP) is 4.40. The number of hydrogen-bond acceptors (Lipinski definition) is 6. The Hall–Kier alpha value is -2.76. The lowest BCUT2D eigenvalue weighted by Crippen LogP contribution is -2.55. The number of β-amino-alcohol motifs (C(OH)–C–C–N with tert-alkyl or cyclic N) is 1. The van der Waals surface area contributed by atoms with E-state index in [1.807, 2.05) is 9.47 Å². The molecule has 2 heterocycles. The zero-order chi connectivity index (χ0) is 28.4. The van der Waals surface area contributed by atoms with E-state index in [4.69, 9.17) is 27.9 Å². The van der Waals surface area contributed by atoms with E-state index in [0.717, 1.165) is 31.7 Å². The van der Waals surface area contributed by atoms with Crippen LogP contribution < -0.4 is 15.6 Å². The minimum Gasteiger partial charge on any atom is -0.491 e. The topological polar surface area (TPSA) is 87.0 Å². The van der Waals surface area contributed by atoms with Gasteiger partial charge in [-0.1, -0.05) is 36.0 Å². The first kappa shape index (κ1) is 28.8. The Balaban J connectivity index is 1.20. The molecular formula is C28H30Cl2F2N4O4. The Morgan fingerprint density at radius 2 is 1.75 bits per heavy atom. The van der Waals surface area contributed by atoms with Gasteiger partial charge in [0.1, 0.15) is 35.7 Å². The molecule has 214 valence electrons. The van der Waals surface area contributed by atoms with Gasteiger partial charge in [-0.25, -0.2) is 13.8 Å². The average Bonchev–Trinajstić information content (AvgIpc) is 3.47. The first-order valence-corrected chi connectivity index (χ1v) is 14.0. The predicted molar refractivity (Wildman–Crippen MR) is 149 cm³/mol. The number of nitrogens with one attached hydrogen (secondary N) is 1. The maximum Gasteiger partial charge on any atom is 0.271 e. The number of aliphatic hydroxyl groups excluding tert-OH is 1. The van der Waals surface area contributed by atoms with Crippen molar-refractivity contribution in [2.45, 2.75) is 37.8 Å². The number of nitrogens with zero attached hydrogens (tertiary/aromatic N) is 3. The minimum atomic E-state index is -0.805. The lowest BCUT2D eigenvalue weighted by molar-refractivity contribution is 0.0316. The summed E-state index contributed by atoms with van der Waals surface area (Å²) in [6.07, 6.45) is 4.66. The highest BCUT2D eigenvalue weighted by molar-refractivity contribution is 6.31. The number of hydrazine groups is 1. The molecule has 1 aliphatic heterocycles. The molecule has 2 fully saturated rings. The summed E-state index contributed by atoms with van der Waals surface area (Å²) < 4.78 is 35.2. The van der Waals surface area contributed by atoms with E-state index in [1.165, 1.54) is 24.3 Å². The second-order valence-electron chi connectivity index (χ2n) is 10.3. The molecule has 1 aliphatic carbocycles. The molecule has 2 aliphatic rings. The van der Waals surface area contributed by atoms with Crippen LogP contribution in [-0.2, 0) is 0 Å². The highest BCUT2D eigenvalue weighted by Crippen LogP contribution is 2.33. The van der Waals surface area contributed by atoms with E-state index in [-0.39, 0.29) is 39.4 Å². The van der Waals surface area contributed by atoms with Crippen molar-refractivity contribution in [3.63, 3.8) is 0 Å². The van der Waals surface area contributed by atoms with Gasteiger partial charge in [0.15, 0.2) is 0 Å². The fraction of sp³-hybridized carbons (Fsp3) is 0.429. The second-order valence-corrected chi connectivity index (χ2v) is 11.1. The van der Waals surface area contributed by atoms with Gasteiger partial charge < -0.3 is 14.4 Å². The zero-order valence-corrected chi connectivity index (χ0v) is 23.2. The summed E-state index contributed by atoms with van der Waals surface area (Å²) in [6.45, 7) is 2.37. The molecule has 0 bridgehead atoms. The number of rotatable bonds is 8. The van der Waals surface area contributed by atoms with Crippen molar-refractivity contribution < 1.29 is 23.4 Å². The van der Waals surface area contributed by atoms with Crippen LogP contribution in [0, 0.1) is 11.6 Å². The summed E-state index contributed by atoms with van der Waals surface area (Å²) in [6, 6.07) is 6.76. The maximum absolute atomic E-state index is 14.3. The van der Waals surface area contributed by atoms with Gasteiger partial charge in [0.2, 0.25) is 5.43 Å². The molecule has 1 amide bonds. The minimum absolute atomic E-state index is 0.00299. The fourth-order valence-corrected chi connectivity index (χ4v) is 5.62. The number of pyridine rings is 1. The quantitative estimate of drug-likeness (QED) is 0.402. The van der Waals surface area contributed by atoms with Crippen LogP contribution in [0.25, 0.3) is 10.9 Å². The Kier molecular flexibility index (Phi) is 8.92. The fourth-order valence-electron chi connectivity index (χ4n) is 5.35. The number of piperazine rings is 1. The van der Waals surface area contributed by atoms with Crippen molar-refractivity contribution in [2.24, 2.45) is 0 Å². The standard InChI is InChI=1S/C28H30Cl2F2N4O4/c29-22-6-5-19(11-24(22)31)40-16-18(37)14-34-7-9-35(10-8-34)33-28(39)21-15-36(17-3-1-2-4-17)26-13-23(30)25(32)12-20(26)27(21)38/h5-6,11-13,15,17-18,37H,1-4,7-10,14,16H2,(H,33,39)/t18-/m0/s1. The molecule has 0 unspecified atom stereocenters. The Bertz CT molecular complexity index is 1460. The third-order valence-corrected chi connectivity index (χ3v) is 8.07. The lowest BCUT2D eigenvalue weighted by atomic mass is 10.1. The molecule has 8 nitrogen and oxygen atoms in total. The van der Waals surface area contributed by atoms with Crippen LogP contribution in [0.5, 0.6) is 5.75 Å². The number of aliphatic hydroxyl groups is 1. The highest BCUT2D eigenvalue weighted by Gasteiger charge is 2.26. The molecule has 2 N–H and O–H groups in total. The van der Waals surface area contributed by atoms with Crippen molar-refractivity contribution in [3.8, 4) is 5.75 Å². The molecule has 12 heteroatoms. The van der Waals surface area contributed by atoms with E-state index < -0.39 is 29.1 Å². The first-order chi connectivity index (χ1) is 19.2. The summed E-state index contributed by atoms with van der Waals surface area (Å²) >= 11 is 11.7. The summed E-state index contributed by atoms with van der Waals surface area (Å²) in [7, 11) is 0. The van der Waals surface area contributed by atoms with E-state index in [9.17, 15) is 23.5 Å². The molecule has 5 rings (SSSR count). The molecule has 1 saturated heterocycles. The van der Waals surface area contributed by atoms with Crippen molar-refractivity contribution in [3.05, 3.63) is 74.0 Å². The van der Waals surface area contributed by atoms with Crippen LogP contribution in [-0.4, -0.2) is 70.9 Å².